The number of amides is 1. The topological polar surface area (TPSA) is 121 Å². The van der Waals surface area contributed by atoms with Gasteiger partial charge in [0, 0.05) is 36.0 Å². The van der Waals surface area contributed by atoms with E-state index >= 15 is 0 Å². The summed E-state index contributed by atoms with van der Waals surface area (Å²) in [6.45, 7) is 8.04. The lowest BCUT2D eigenvalue weighted by atomic mass is 9.82. The van der Waals surface area contributed by atoms with E-state index in [2.05, 4.69) is 17.0 Å². The van der Waals surface area contributed by atoms with E-state index in [4.69, 9.17) is 27.2 Å². The van der Waals surface area contributed by atoms with E-state index in [1.807, 2.05) is 26.0 Å². The molecule has 0 atom stereocenters. The largest absolute Gasteiger partial charge is 0.462 e. The van der Waals surface area contributed by atoms with Gasteiger partial charge in [0.2, 0.25) is 5.91 Å². The van der Waals surface area contributed by atoms with Crippen LogP contribution >= 0.6 is 11.6 Å². The molecule has 0 bridgehead atoms. The number of anilines is 2. The number of aromatic nitrogens is 5. The minimum Gasteiger partial charge on any atom is -0.462 e. The van der Waals surface area contributed by atoms with Crippen molar-refractivity contribution in [2.24, 2.45) is 11.8 Å². The van der Waals surface area contributed by atoms with E-state index < -0.39 is 5.97 Å². The van der Waals surface area contributed by atoms with Gasteiger partial charge in [-0.1, -0.05) is 18.5 Å². The highest BCUT2D eigenvalue weighted by Crippen LogP contribution is 2.34. The third-order valence-electron chi connectivity index (χ3n) is 7.42. The zero-order valence-electron chi connectivity index (χ0n) is 23.2. The number of carbonyl (C=O) groups excluding carboxylic acids is 2. The molecule has 5 rings (SSSR count). The van der Waals surface area contributed by atoms with Crippen LogP contribution in [0.3, 0.4) is 0 Å². The van der Waals surface area contributed by atoms with Crippen molar-refractivity contribution in [1.29, 1.82) is 0 Å². The molecule has 1 fully saturated rings. The van der Waals surface area contributed by atoms with Crippen molar-refractivity contribution in [2.75, 3.05) is 17.2 Å². The highest BCUT2D eigenvalue weighted by Gasteiger charge is 2.34. The molecule has 1 aliphatic carbocycles. The van der Waals surface area contributed by atoms with E-state index in [1.165, 1.54) is 0 Å². The summed E-state index contributed by atoms with van der Waals surface area (Å²) in [6.07, 6.45) is 6.92. The van der Waals surface area contributed by atoms with Gasteiger partial charge < -0.3 is 10.5 Å². The van der Waals surface area contributed by atoms with Gasteiger partial charge in [0.1, 0.15) is 11.4 Å². The normalized spacial score (nSPS) is 17.4. The molecular weight excluding hydrogens is 530 g/mol. The summed E-state index contributed by atoms with van der Waals surface area (Å²) in [5, 5.41) is 9.71. The maximum Gasteiger partial charge on any atom is 0.343 e. The van der Waals surface area contributed by atoms with Crippen LogP contribution in [0.1, 0.15) is 63.7 Å². The second kappa shape index (κ2) is 11.3. The molecule has 1 aromatic carbocycles. The number of ether oxygens (including phenoxy) is 1. The first kappa shape index (κ1) is 27.6. The Morgan fingerprint density at radius 3 is 2.55 bits per heavy atom. The van der Waals surface area contributed by atoms with Crippen molar-refractivity contribution in [3.63, 3.8) is 0 Å². The molecule has 3 heterocycles. The van der Waals surface area contributed by atoms with E-state index in [0.29, 0.717) is 45.2 Å². The van der Waals surface area contributed by atoms with Crippen LogP contribution in [0.15, 0.2) is 42.7 Å². The number of nitrogens with zero attached hydrogens (tertiary/aromatic N) is 6. The molecule has 2 N–H and O–H groups in total. The first-order valence-electron chi connectivity index (χ1n) is 13.7. The Morgan fingerprint density at radius 1 is 1.15 bits per heavy atom. The Labute approximate surface area is 238 Å². The number of fused-ring (bicyclic) bond motifs is 1. The standard InChI is InChI=1S/C29H34ClN7O3/c1-5-40-29(39)22-16-35(34-27(22)36(17(2)3)28(38)19-8-6-18(4)7-9-19)20-10-11-21(23(30)14-20)24-15-26-32-13-12-25(31)37(26)33-24/h10-19H,5-9,31H2,1-4H3. The number of hydrogen-bond donors (Lipinski definition) is 1. The maximum absolute atomic E-state index is 13.8. The first-order chi connectivity index (χ1) is 19.2. The Kier molecular flexibility index (Phi) is 7.80. The van der Waals surface area contributed by atoms with Crippen LogP contribution in [0.5, 0.6) is 0 Å². The number of esters is 1. The van der Waals surface area contributed by atoms with Crippen LogP contribution in [-0.2, 0) is 9.53 Å². The predicted molar refractivity (Wildman–Crippen MR) is 155 cm³/mol. The Bertz CT molecular complexity index is 1550. The molecule has 3 aromatic heterocycles. The molecule has 0 unspecified atom stereocenters. The maximum atomic E-state index is 13.8. The van der Waals surface area contributed by atoms with Crippen molar-refractivity contribution in [3.8, 4) is 16.9 Å². The molecule has 10 nitrogen and oxygen atoms in total. The quantitative estimate of drug-likeness (QED) is 0.292. The summed E-state index contributed by atoms with van der Waals surface area (Å²) < 4.78 is 8.46. The van der Waals surface area contributed by atoms with Gasteiger partial charge >= 0.3 is 5.97 Å². The first-order valence-corrected chi connectivity index (χ1v) is 14.1. The van der Waals surface area contributed by atoms with E-state index in [9.17, 15) is 9.59 Å². The molecule has 4 aromatic rings. The van der Waals surface area contributed by atoms with Gasteiger partial charge in [-0.3, -0.25) is 9.69 Å². The van der Waals surface area contributed by atoms with Crippen LogP contribution in [0.25, 0.3) is 22.6 Å². The van der Waals surface area contributed by atoms with Crippen molar-refractivity contribution in [3.05, 3.63) is 53.3 Å². The lowest BCUT2D eigenvalue weighted by Gasteiger charge is -2.32. The number of carbonyl (C=O) groups is 2. The highest BCUT2D eigenvalue weighted by molar-refractivity contribution is 6.33. The van der Waals surface area contributed by atoms with Gasteiger partial charge in [0.15, 0.2) is 11.5 Å². The zero-order chi connectivity index (χ0) is 28.6. The Morgan fingerprint density at radius 2 is 1.90 bits per heavy atom. The second-order valence-electron chi connectivity index (χ2n) is 10.6. The minimum absolute atomic E-state index is 0.00851. The van der Waals surface area contributed by atoms with E-state index in [1.54, 1.807) is 51.6 Å². The van der Waals surface area contributed by atoms with Crippen LogP contribution in [0.4, 0.5) is 11.6 Å². The number of halogens is 1. The fraction of sp³-hybridized carbons (Fsp3) is 0.414. The van der Waals surface area contributed by atoms with Crippen LogP contribution < -0.4 is 10.6 Å². The SMILES string of the molecule is CCOC(=O)c1cn(-c2ccc(-c3cc4nccc(N)n4n3)c(Cl)c2)nc1N(C(=O)C1CCC(C)CC1)C(C)C. The van der Waals surface area contributed by atoms with Crippen molar-refractivity contribution < 1.29 is 14.3 Å². The number of rotatable bonds is 7. The molecule has 1 amide bonds. The van der Waals surface area contributed by atoms with Crippen molar-refractivity contribution >= 4 is 40.8 Å². The average Bonchev–Trinajstić information content (AvgIpc) is 3.55. The summed E-state index contributed by atoms with van der Waals surface area (Å²) in [6, 6.07) is 8.68. The summed E-state index contributed by atoms with van der Waals surface area (Å²) in [5.41, 5.74) is 8.79. The summed E-state index contributed by atoms with van der Waals surface area (Å²) in [5.74, 6) is 0.739. The van der Waals surface area contributed by atoms with Crippen LogP contribution in [0.2, 0.25) is 5.02 Å². The molecule has 1 aliphatic rings. The van der Waals surface area contributed by atoms with Crippen molar-refractivity contribution in [2.45, 2.75) is 59.4 Å². The number of nitrogen functional groups attached to an aromatic ring is 1. The summed E-state index contributed by atoms with van der Waals surface area (Å²) in [4.78, 5) is 32.7. The zero-order valence-corrected chi connectivity index (χ0v) is 23.9. The average molecular weight is 564 g/mol. The molecular formula is C29H34ClN7O3. The second-order valence-corrected chi connectivity index (χ2v) is 11.0. The van der Waals surface area contributed by atoms with Gasteiger partial charge in [0.25, 0.3) is 0 Å². The fourth-order valence-electron chi connectivity index (χ4n) is 5.23. The summed E-state index contributed by atoms with van der Waals surface area (Å²) in [7, 11) is 0. The number of nitrogens with two attached hydrogens (primary N) is 1. The third-order valence-corrected chi connectivity index (χ3v) is 7.73. The molecule has 0 aliphatic heterocycles. The smallest absolute Gasteiger partial charge is 0.343 e. The van der Waals surface area contributed by atoms with Gasteiger partial charge in [-0.05, 0) is 76.6 Å². The highest BCUT2D eigenvalue weighted by atomic mass is 35.5. The van der Waals surface area contributed by atoms with Gasteiger partial charge in [-0.2, -0.15) is 9.61 Å². The molecule has 40 heavy (non-hydrogen) atoms. The molecule has 0 spiro atoms. The summed E-state index contributed by atoms with van der Waals surface area (Å²) >= 11 is 6.72. The third kappa shape index (κ3) is 5.28. The molecule has 11 heteroatoms. The van der Waals surface area contributed by atoms with Crippen molar-refractivity contribution in [1.82, 2.24) is 24.4 Å². The van der Waals surface area contributed by atoms with E-state index in [0.717, 1.165) is 25.7 Å². The van der Waals surface area contributed by atoms with E-state index in [-0.39, 0.29) is 30.0 Å². The lowest BCUT2D eigenvalue weighted by Crippen LogP contribution is -2.43. The van der Waals surface area contributed by atoms with Crippen LogP contribution in [-0.4, -0.2) is 48.9 Å². The molecule has 0 saturated heterocycles. The van der Waals surface area contributed by atoms with Gasteiger partial charge in [-0.25, -0.2) is 14.5 Å². The number of hydrogen-bond acceptors (Lipinski definition) is 7. The monoisotopic (exact) mass is 563 g/mol. The van der Waals surface area contributed by atoms with Crippen LogP contribution in [0, 0.1) is 11.8 Å². The fourth-order valence-corrected chi connectivity index (χ4v) is 5.51. The number of benzene rings is 1. The Balaban J connectivity index is 1.52. The molecule has 210 valence electrons. The minimum atomic E-state index is -0.531. The Hall–Kier alpha value is -3.92. The lowest BCUT2D eigenvalue weighted by molar-refractivity contribution is -0.124. The predicted octanol–water partition coefficient (Wildman–Crippen LogP) is 5.56. The molecule has 0 radical (unpaired) electrons. The molecule has 1 saturated carbocycles. The van der Waals surface area contributed by atoms with Gasteiger partial charge in [-0.15, -0.1) is 5.10 Å². The van der Waals surface area contributed by atoms with Gasteiger partial charge in [0.05, 0.1) is 23.0 Å².